The first kappa shape index (κ1) is 11.7. The van der Waals surface area contributed by atoms with Gasteiger partial charge in [-0.2, -0.15) is 5.26 Å². The van der Waals surface area contributed by atoms with Gasteiger partial charge in [-0.25, -0.2) is 4.98 Å². The van der Waals surface area contributed by atoms with E-state index in [0.29, 0.717) is 11.4 Å². The number of nitrogens with zero attached hydrogens (tertiary/aromatic N) is 3. The van der Waals surface area contributed by atoms with E-state index in [1.54, 1.807) is 0 Å². The fraction of sp³-hybridized carbons (Fsp3) is 0.231. The standard InChI is InChI=1S/C13H12ClN3/c1-9-12(7-8-15)17(2)13(16-9)10-5-3-4-6-11(10)14/h3-6H,7H2,1-2H3. The van der Waals surface area contributed by atoms with E-state index in [1.165, 1.54) is 0 Å². The number of hydrogen-bond acceptors (Lipinski definition) is 2. The number of aromatic nitrogens is 2. The molecule has 4 heteroatoms. The predicted octanol–water partition coefficient (Wildman–Crippen LogP) is 3.12. The van der Waals surface area contributed by atoms with Crippen molar-refractivity contribution in [1.82, 2.24) is 9.55 Å². The topological polar surface area (TPSA) is 41.6 Å². The summed E-state index contributed by atoms with van der Waals surface area (Å²) in [6, 6.07) is 9.73. The molecule has 2 rings (SSSR count). The minimum Gasteiger partial charge on any atom is -0.330 e. The van der Waals surface area contributed by atoms with Crippen molar-refractivity contribution in [2.45, 2.75) is 13.3 Å². The highest BCUT2D eigenvalue weighted by Crippen LogP contribution is 2.28. The predicted molar refractivity (Wildman–Crippen MR) is 67.7 cm³/mol. The third kappa shape index (κ3) is 2.04. The molecule has 1 aromatic carbocycles. The summed E-state index contributed by atoms with van der Waals surface area (Å²) < 4.78 is 1.93. The van der Waals surface area contributed by atoms with Crippen LogP contribution in [0.5, 0.6) is 0 Å². The van der Waals surface area contributed by atoms with E-state index in [4.69, 9.17) is 16.9 Å². The van der Waals surface area contributed by atoms with Crippen LogP contribution in [-0.2, 0) is 13.5 Å². The summed E-state index contributed by atoms with van der Waals surface area (Å²) in [7, 11) is 1.91. The van der Waals surface area contributed by atoms with Gasteiger partial charge in [0.25, 0.3) is 0 Å². The van der Waals surface area contributed by atoms with Gasteiger partial charge >= 0.3 is 0 Å². The summed E-state index contributed by atoms with van der Waals surface area (Å²) in [4.78, 5) is 4.49. The molecule has 0 N–H and O–H groups in total. The lowest BCUT2D eigenvalue weighted by Gasteiger charge is -2.05. The van der Waals surface area contributed by atoms with Gasteiger partial charge in [0.2, 0.25) is 0 Å². The number of nitriles is 1. The average Bonchev–Trinajstić information content (AvgIpc) is 2.58. The third-order valence-corrected chi connectivity index (χ3v) is 3.10. The zero-order valence-electron chi connectivity index (χ0n) is 9.74. The summed E-state index contributed by atoms with van der Waals surface area (Å²) in [5.41, 5.74) is 2.70. The highest BCUT2D eigenvalue weighted by molar-refractivity contribution is 6.33. The second kappa shape index (κ2) is 4.60. The van der Waals surface area contributed by atoms with Crippen molar-refractivity contribution >= 4 is 11.6 Å². The second-order valence-electron chi connectivity index (χ2n) is 3.84. The average molecular weight is 246 g/mol. The van der Waals surface area contributed by atoms with E-state index in [2.05, 4.69) is 11.1 Å². The number of imidazole rings is 1. The van der Waals surface area contributed by atoms with Gasteiger partial charge in [0.15, 0.2) is 0 Å². The lowest BCUT2D eigenvalue weighted by Crippen LogP contribution is -1.98. The third-order valence-electron chi connectivity index (χ3n) is 2.78. The fourth-order valence-corrected chi connectivity index (χ4v) is 2.09. The van der Waals surface area contributed by atoms with Crippen LogP contribution in [0.4, 0.5) is 0 Å². The van der Waals surface area contributed by atoms with Crippen LogP contribution in [0, 0.1) is 18.3 Å². The molecule has 0 fully saturated rings. The first-order valence-corrected chi connectivity index (χ1v) is 5.67. The SMILES string of the molecule is Cc1nc(-c2ccccc2Cl)n(C)c1CC#N. The highest BCUT2D eigenvalue weighted by atomic mass is 35.5. The van der Waals surface area contributed by atoms with E-state index < -0.39 is 0 Å². The van der Waals surface area contributed by atoms with Crippen LogP contribution in [0.2, 0.25) is 5.02 Å². The van der Waals surface area contributed by atoms with E-state index in [-0.39, 0.29) is 0 Å². The van der Waals surface area contributed by atoms with Gasteiger partial charge in [0.05, 0.1) is 28.9 Å². The fourth-order valence-electron chi connectivity index (χ4n) is 1.87. The van der Waals surface area contributed by atoms with Gasteiger partial charge in [-0.15, -0.1) is 0 Å². The zero-order chi connectivity index (χ0) is 12.4. The molecule has 0 aliphatic carbocycles. The molecule has 0 aliphatic heterocycles. The van der Waals surface area contributed by atoms with Gasteiger partial charge in [-0.3, -0.25) is 0 Å². The molecule has 86 valence electrons. The summed E-state index contributed by atoms with van der Waals surface area (Å²) in [5, 5.41) is 9.46. The second-order valence-corrected chi connectivity index (χ2v) is 4.25. The van der Waals surface area contributed by atoms with Crippen molar-refractivity contribution in [3.8, 4) is 17.5 Å². The van der Waals surface area contributed by atoms with Crippen LogP contribution in [-0.4, -0.2) is 9.55 Å². The molecular weight excluding hydrogens is 234 g/mol. The Hall–Kier alpha value is -1.79. The Morgan fingerprint density at radius 3 is 2.76 bits per heavy atom. The molecule has 0 radical (unpaired) electrons. The Bertz CT molecular complexity index is 593. The molecule has 0 saturated heterocycles. The maximum absolute atomic E-state index is 8.79. The molecular formula is C13H12ClN3. The van der Waals surface area contributed by atoms with Crippen LogP contribution in [0.15, 0.2) is 24.3 Å². The number of benzene rings is 1. The van der Waals surface area contributed by atoms with Gasteiger partial charge in [0.1, 0.15) is 5.82 Å². The quantitative estimate of drug-likeness (QED) is 0.816. The maximum atomic E-state index is 8.79. The smallest absolute Gasteiger partial charge is 0.141 e. The number of aryl methyl sites for hydroxylation is 1. The molecule has 0 saturated carbocycles. The first-order chi connectivity index (χ1) is 8.15. The zero-order valence-corrected chi connectivity index (χ0v) is 10.5. The van der Waals surface area contributed by atoms with Crippen molar-refractivity contribution in [2.24, 2.45) is 7.05 Å². The lowest BCUT2D eigenvalue weighted by atomic mass is 10.2. The lowest BCUT2D eigenvalue weighted by molar-refractivity contribution is 0.860. The van der Waals surface area contributed by atoms with Crippen LogP contribution >= 0.6 is 11.6 Å². The minimum atomic E-state index is 0.361. The summed E-state index contributed by atoms with van der Waals surface area (Å²) >= 11 is 6.15. The van der Waals surface area contributed by atoms with Gasteiger partial charge in [-0.05, 0) is 19.1 Å². The van der Waals surface area contributed by atoms with E-state index in [0.717, 1.165) is 22.8 Å². The minimum absolute atomic E-state index is 0.361. The van der Waals surface area contributed by atoms with E-state index >= 15 is 0 Å². The normalized spacial score (nSPS) is 10.2. The van der Waals surface area contributed by atoms with Crippen LogP contribution in [0.1, 0.15) is 11.4 Å². The summed E-state index contributed by atoms with van der Waals surface area (Å²) in [6.45, 7) is 1.91. The molecule has 1 aromatic heterocycles. The Morgan fingerprint density at radius 1 is 1.41 bits per heavy atom. The molecule has 2 aromatic rings. The molecule has 0 unspecified atom stereocenters. The number of hydrogen-bond donors (Lipinski definition) is 0. The van der Waals surface area contributed by atoms with Crippen molar-refractivity contribution < 1.29 is 0 Å². The first-order valence-electron chi connectivity index (χ1n) is 5.29. The molecule has 0 atom stereocenters. The largest absolute Gasteiger partial charge is 0.330 e. The summed E-state index contributed by atoms with van der Waals surface area (Å²) in [5.74, 6) is 0.804. The van der Waals surface area contributed by atoms with Crippen molar-refractivity contribution in [3.63, 3.8) is 0 Å². The number of rotatable bonds is 2. The molecule has 0 aliphatic rings. The highest BCUT2D eigenvalue weighted by Gasteiger charge is 2.14. The van der Waals surface area contributed by atoms with Crippen molar-refractivity contribution in [3.05, 3.63) is 40.7 Å². The van der Waals surface area contributed by atoms with Crippen molar-refractivity contribution in [2.75, 3.05) is 0 Å². The Labute approximate surface area is 105 Å². The maximum Gasteiger partial charge on any atom is 0.141 e. The van der Waals surface area contributed by atoms with Gasteiger partial charge in [-0.1, -0.05) is 23.7 Å². The Kier molecular flexibility index (Phi) is 3.16. The molecule has 3 nitrogen and oxygen atoms in total. The molecule has 1 heterocycles. The van der Waals surface area contributed by atoms with Crippen LogP contribution in [0.25, 0.3) is 11.4 Å². The Morgan fingerprint density at radius 2 is 2.12 bits per heavy atom. The van der Waals surface area contributed by atoms with Crippen LogP contribution in [0.3, 0.4) is 0 Å². The Balaban J connectivity index is 2.59. The summed E-state index contributed by atoms with van der Waals surface area (Å²) in [6.07, 6.45) is 0.361. The molecule has 17 heavy (non-hydrogen) atoms. The van der Waals surface area contributed by atoms with Gasteiger partial charge < -0.3 is 4.57 Å². The van der Waals surface area contributed by atoms with Crippen molar-refractivity contribution in [1.29, 1.82) is 5.26 Å². The molecule has 0 bridgehead atoms. The van der Waals surface area contributed by atoms with Crippen LogP contribution < -0.4 is 0 Å². The van der Waals surface area contributed by atoms with E-state index in [1.807, 2.05) is 42.8 Å². The molecule has 0 amide bonds. The number of halogens is 1. The van der Waals surface area contributed by atoms with Gasteiger partial charge in [0, 0.05) is 12.6 Å². The molecule has 0 spiro atoms. The van der Waals surface area contributed by atoms with E-state index in [9.17, 15) is 0 Å². The monoisotopic (exact) mass is 245 g/mol.